The van der Waals surface area contributed by atoms with Gasteiger partial charge in [-0.15, -0.1) is 0 Å². The predicted molar refractivity (Wildman–Crippen MR) is 62.3 cm³/mol. The van der Waals surface area contributed by atoms with Crippen LogP contribution in [0.3, 0.4) is 0 Å². The SMILES string of the molecule is N.O=C(O)N1CCC1.O=[N+]([O-])c1ccccc1. The van der Waals surface area contributed by atoms with E-state index in [4.69, 9.17) is 5.11 Å². The van der Waals surface area contributed by atoms with Crippen molar-refractivity contribution in [1.29, 1.82) is 0 Å². The van der Waals surface area contributed by atoms with Crippen LogP contribution in [0.1, 0.15) is 6.42 Å². The average Bonchev–Trinajstić information content (AvgIpc) is 2.16. The van der Waals surface area contributed by atoms with Crippen LogP contribution in [0.15, 0.2) is 30.3 Å². The van der Waals surface area contributed by atoms with Gasteiger partial charge in [0.25, 0.3) is 5.69 Å². The van der Waals surface area contributed by atoms with Crippen LogP contribution in [0.4, 0.5) is 10.5 Å². The van der Waals surface area contributed by atoms with E-state index in [1.807, 2.05) is 0 Å². The number of rotatable bonds is 1. The molecule has 17 heavy (non-hydrogen) atoms. The Bertz CT molecular complexity index is 365. The number of hydrogen-bond acceptors (Lipinski definition) is 4. The maximum Gasteiger partial charge on any atom is 0.407 e. The molecule has 1 heterocycles. The van der Waals surface area contributed by atoms with Crippen LogP contribution in [-0.2, 0) is 0 Å². The molecule has 1 aromatic carbocycles. The fourth-order valence-electron chi connectivity index (χ4n) is 1.06. The van der Waals surface area contributed by atoms with E-state index in [-0.39, 0.29) is 11.8 Å². The molecule has 0 unspecified atom stereocenters. The molecule has 94 valence electrons. The summed E-state index contributed by atoms with van der Waals surface area (Å²) < 4.78 is 0. The first kappa shape index (κ1) is 14.8. The molecule has 0 bridgehead atoms. The number of nitrogens with zero attached hydrogens (tertiary/aromatic N) is 2. The van der Waals surface area contributed by atoms with Crippen LogP contribution in [0, 0.1) is 10.1 Å². The quantitative estimate of drug-likeness (QED) is 0.576. The molecule has 0 aromatic heterocycles. The average molecular weight is 241 g/mol. The van der Waals surface area contributed by atoms with Gasteiger partial charge in [0.15, 0.2) is 0 Å². The minimum atomic E-state index is -0.786. The van der Waals surface area contributed by atoms with E-state index in [2.05, 4.69) is 0 Å². The summed E-state index contributed by atoms with van der Waals surface area (Å²) in [4.78, 5) is 20.9. The molecular weight excluding hydrogens is 226 g/mol. The Labute approximate surface area is 98.4 Å². The molecule has 7 nitrogen and oxygen atoms in total. The summed E-state index contributed by atoms with van der Waals surface area (Å²) in [6, 6.07) is 7.93. The van der Waals surface area contributed by atoms with E-state index in [1.54, 1.807) is 18.2 Å². The Balaban J connectivity index is 0.000000292. The van der Waals surface area contributed by atoms with Gasteiger partial charge < -0.3 is 16.2 Å². The van der Waals surface area contributed by atoms with Gasteiger partial charge in [-0.05, 0) is 6.42 Å². The summed E-state index contributed by atoms with van der Waals surface area (Å²) in [5.41, 5.74) is 0.137. The van der Waals surface area contributed by atoms with E-state index in [9.17, 15) is 14.9 Å². The Morgan fingerprint density at radius 2 is 1.82 bits per heavy atom. The fraction of sp³-hybridized carbons (Fsp3) is 0.300. The van der Waals surface area contributed by atoms with Gasteiger partial charge >= 0.3 is 6.09 Å². The number of benzene rings is 1. The van der Waals surface area contributed by atoms with Gasteiger partial charge in [0.2, 0.25) is 0 Å². The van der Waals surface area contributed by atoms with Crippen molar-refractivity contribution >= 4 is 11.8 Å². The third-order valence-corrected chi connectivity index (χ3v) is 2.09. The summed E-state index contributed by atoms with van der Waals surface area (Å²) in [5, 5.41) is 18.2. The highest BCUT2D eigenvalue weighted by molar-refractivity contribution is 5.65. The Morgan fingerprint density at radius 1 is 1.29 bits per heavy atom. The van der Waals surface area contributed by atoms with Crippen molar-refractivity contribution in [1.82, 2.24) is 11.1 Å². The Kier molecular flexibility index (Phi) is 6.27. The second-order valence-electron chi connectivity index (χ2n) is 3.22. The highest BCUT2D eigenvalue weighted by Crippen LogP contribution is 2.06. The molecule has 0 saturated carbocycles. The molecule has 1 aliphatic rings. The van der Waals surface area contributed by atoms with Crippen molar-refractivity contribution in [3.8, 4) is 0 Å². The largest absolute Gasteiger partial charge is 0.465 e. The molecule has 1 amide bonds. The van der Waals surface area contributed by atoms with Crippen LogP contribution in [0.25, 0.3) is 0 Å². The predicted octanol–water partition coefficient (Wildman–Crippen LogP) is 2.13. The zero-order chi connectivity index (χ0) is 12.0. The lowest BCUT2D eigenvalue weighted by Crippen LogP contribution is -2.40. The molecule has 2 rings (SSSR count). The standard InChI is InChI=1S/C6H5NO2.C4H7NO2.H3N/c8-7(9)6-4-2-1-3-5-6;6-4(7)5-2-1-3-5;/h1-5H;1-3H2,(H,6,7);1H3. The zero-order valence-corrected chi connectivity index (χ0v) is 9.28. The first-order valence-corrected chi connectivity index (χ1v) is 4.78. The van der Waals surface area contributed by atoms with Gasteiger partial charge in [0.05, 0.1) is 4.92 Å². The summed E-state index contributed by atoms with van der Waals surface area (Å²) in [6.07, 6.45) is 0.248. The first-order chi connectivity index (χ1) is 7.61. The Morgan fingerprint density at radius 3 is 2.00 bits per heavy atom. The van der Waals surface area contributed by atoms with E-state index < -0.39 is 11.0 Å². The summed E-state index contributed by atoms with van der Waals surface area (Å²) in [7, 11) is 0. The van der Waals surface area contributed by atoms with Crippen LogP contribution < -0.4 is 6.15 Å². The summed E-state index contributed by atoms with van der Waals surface area (Å²) in [5.74, 6) is 0. The van der Waals surface area contributed by atoms with Gasteiger partial charge in [-0.3, -0.25) is 10.1 Å². The van der Waals surface area contributed by atoms with Crippen molar-refractivity contribution in [2.24, 2.45) is 0 Å². The summed E-state index contributed by atoms with van der Waals surface area (Å²) >= 11 is 0. The molecule has 1 aliphatic heterocycles. The number of carbonyl (C=O) groups is 1. The minimum Gasteiger partial charge on any atom is -0.465 e. The second-order valence-corrected chi connectivity index (χ2v) is 3.22. The molecule has 1 saturated heterocycles. The van der Waals surface area contributed by atoms with E-state index in [1.165, 1.54) is 17.0 Å². The lowest BCUT2D eigenvalue weighted by atomic mass is 10.2. The fourth-order valence-corrected chi connectivity index (χ4v) is 1.06. The number of amides is 1. The van der Waals surface area contributed by atoms with Crippen molar-refractivity contribution in [3.63, 3.8) is 0 Å². The van der Waals surface area contributed by atoms with Crippen LogP contribution in [-0.4, -0.2) is 34.1 Å². The number of carboxylic acid groups (broad SMARTS) is 1. The number of likely N-dealkylation sites (tertiary alicyclic amines) is 1. The van der Waals surface area contributed by atoms with E-state index >= 15 is 0 Å². The van der Waals surface area contributed by atoms with Crippen LogP contribution in [0.2, 0.25) is 0 Å². The van der Waals surface area contributed by atoms with Crippen molar-refractivity contribution in [2.45, 2.75) is 6.42 Å². The molecule has 1 fully saturated rings. The van der Waals surface area contributed by atoms with Gasteiger partial charge in [-0.2, -0.15) is 0 Å². The molecule has 0 radical (unpaired) electrons. The molecule has 1 aromatic rings. The number of hydrogen-bond donors (Lipinski definition) is 2. The number of nitro benzene ring substituents is 1. The van der Waals surface area contributed by atoms with Gasteiger partial charge in [-0.1, -0.05) is 18.2 Å². The van der Waals surface area contributed by atoms with Gasteiger partial charge in [-0.25, -0.2) is 4.79 Å². The topological polar surface area (TPSA) is 119 Å². The van der Waals surface area contributed by atoms with Gasteiger partial charge in [0.1, 0.15) is 0 Å². The molecule has 7 heteroatoms. The molecule has 0 spiro atoms. The maximum atomic E-state index is 10.0. The zero-order valence-electron chi connectivity index (χ0n) is 9.28. The first-order valence-electron chi connectivity index (χ1n) is 4.78. The molecule has 0 atom stereocenters. The Hall–Kier alpha value is -2.15. The minimum absolute atomic E-state index is 0. The van der Waals surface area contributed by atoms with Crippen LogP contribution >= 0.6 is 0 Å². The molecule has 0 aliphatic carbocycles. The second kappa shape index (κ2) is 7.18. The van der Waals surface area contributed by atoms with Crippen molar-refractivity contribution in [2.75, 3.05) is 13.1 Å². The highest BCUT2D eigenvalue weighted by atomic mass is 16.6. The third kappa shape index (κ3) is 4.94. The summed E-state index contributed by atoms with van der Waals surface area (Å²) in [6.45, 7) is 1.46. The molecule has 4 N–H and O–H groups in total. The third-order valence-electron chi connectivity index (χ3n) is 2.09. The molecular formula is C10H15N3O4. The lowest BCUT2D eigenvalue weighted by Gasteiger charge is -2.27. The maximum absolute atomic E-state index is 10.0. The number of non-ortho nitro benzene ring substituents is 1. The van der Waals surface area contributed by atoms with E-state index in [0.717, 1.165) is 19.5 Å². The smallest absolute Gasteiger partial charge is 0.407 e. The normalized spacial score (nSPS) is 12.4. The number of para-hydroxylation sites is 1. The van der Waals surface area contributed by atoms with Crippen LogP contribution in [0.5, 0.6) is 0 Å². The van der Waals surface area contributed by atoms with Gasteiger partial charge in [0, 0.05) is 25.2 Å². The highest BCUT2D eigenvalue weighted by Gasteiger charge is 2.17. The lowest BCUT2D eigenvalue weighted by molar-refractivity contribution is -0.384. The van der Waals surface area contributed by atoms with Crippen molar-refractivity contribution in [3.05, 3.63) is 40.4 Å². The monoisotopic (exact) mass is 241 g/mol. The van der Waals surface area contributed by atoms with Crippen molar-refractivity contribution < 1.29 is 14.8 Å². The number of nitro groups is 1. The van der Waals surface area contributed by atoms with E-state index in [0.29, 0.717) is 0 Å².